The molecule has 0 radical (unpaired) electrons. The highest BCUT2D eigenvalue weighted by molar-refractivity contribution is 5.76. The van der Waals surface area contributed by atoms with Crippen LogP contribution in [-0.4, -0.2) is 58.6 Å². The van der Waals surface area contributed by atoms with Crippen LogP contribution in [0.15, 0.2) is 53.1 Å². The summed E-state index contributed by atoms with van der Waals surface area (Å²) in [6, 6.07) is 16.8. The van der Waals surface area contributed by atoms with E-state index >= 15 is 0 Å². The number of hydrogen-bond acceptors (Lipinski definition) is 5. The second-order valence-corrected chi connectivity index (χ2v) is 9.04. The van der Waals surface area contributed by atoms with Crippen LogP contribution in [0.3, 0.4) is 0 Å². The number of rotatable bonds is 9. The molecule has 4 rings (SSSR count). The highest BCUT2D eigenvalue weighted by atomic mass is 16.5. The highest BCUT2D eigenvalue weighted by Gasteiger charge is 2.20. The number of hydrogen-bond donors (Lipinski definition) is 0. The van der Waals surface area contributed by atoms with Crippen molar-refractivity contribution >= 4 is 5.91 Å². The van der Waals surface area contributed by atoms with E-state index in [0.717, 1.165) is 64.0 Å². The largest absolute Gasteiger partial charge is 0.340 e. The van der Waals surface area contributed by atoms with Gasteiger partial charge in [0, 0.05) is 44.6 Å². The molecule has 6 heteroatoms. The Morgan fingerprint density at radius 2 is 1.55 bits per heavy atom. The first-order chi connectivity index (χ1) is 16.1. The Hall–Kier alpha value is -2.99. The number of aromatic nitrogens is 2. The van der Waals surface area contributed by atoms with Crippen molar-refractivity contribution in [2.45, 2.75) is 46.0 Å². The van der Waals surface area contributed by atoms with Crippen molar-refractivity contribution in [1.82, 2.24) is 19.9 Å². The second-order valence-electron chi connectivity index (χ2n) is 9.04. The van der Waals surface area contributed by atoms with Crippen LogP contribution in [0.25, 0.3) is 11.4 Å². The third kappa shape index (κ3) is 6.75. The minimum atomic E-state index is 0.288. The molecule has 1 fully saturated rings. The van der Waals surface area contributed by atoms with Gasteiger partial charge in [0.05, 0.1) is 0 Å². The Morgan fingerprint density at radius 1 is 0.879 bits per heavy atom. The highest BCUT2D eigenvalue weighted by Crippen LogP contribution is 2.17. The maximum Gasteiger partial charge on any atom is 0.227 e. The summed E-state index contributed by atoms with van der Waals surface area (Å²) in [7, 11) is 0. The van der Waals surface area contributed by atoms with Crippen LogP contribution in [0.1, 0.15) is 41.8 Å². The Balaban J connectivity index is 1.12. The fourth-order valence-corrected chi connectivity index (χ4v) is 4.21. The summed E-state index contributed by atoms with van der Waals surface area (Å²) in [5, 5.41) is 4.11. The molecule has 1 aliphatic rings. The molecule has 2 aromatic carbocycles. The van der Waals surface area contributed by atoms with E-state index in [-0.39, 0.29) is 5.91 Å². The summed E-state index contributed by atoms with van der Waals surface area (Å²) in [6.07, 6.45) is 4.26. The Labute approximate surface area is 196 Å². The molecular formula is C27H34N4O2. The van der Waals surface area contributed by atoms with Crippen LogP contribution in [0.5, 0.6) is 0 Å². The average molecular weight is 447 g/mol. The molecule has 6 nitrogen and oxygen atoms in total. The first kappa shape index (κ1) is 23.2. The molecule has 0 bridgehead atoms. The van der Waals surface area contributed by atoms with Crippen molar-refractivity contribution in [1.29, 1.82) is 0 Å². The number of benzene rings is 2. The van der Waals surface area contributed by atoms with E-state index in [1.807, 2.05) is 17.0 Å². The normalized spacial score (nSPS) is 14.5. The van der Waals surface area contributed by atoms with Gasteiger partial charge in [0.2, 0.25) is 17.6 Å². The fraction of sp³-hybridized carbons (Fsp3) is 0.444. The molecule has 0 N–H and O–H groups in total. The van der Waals surface area contributed by atoms with E-state index in [9.17, 15) is 4.79 Å². The number of carbonyl (C=O) groups is 1. The summed E-state index contributed by atoms with van der Waals surface area (Å²) in [5.74, 6) is 1.63. The zero-order chi connectivity index (χ0) is 23.0. The molecule has 33 heavy (non-hydrogen) atoms. The number of carbonyl (C=O) groups excluding carboxylic acids is 1. The molecule has 0 saturated carbocycles. The fourth-order valence-electron chi connectivity index (χ4n) is 4.21. The third-order valence-corrected chi connectivity index (χ3v) is 6.34. The van der Waals surface area contributed by atoms with E-state index in [1.54, 1.807) is 0 Å². The lowest BCUT2D eigenvalue weighted by Gasteiger charge is -2.34. The summed E-state index contributed by atoms with van der Waals surface area (Å²) in [6.45, 7) is 8.65. The van der Waals surface area contributed by atoms with Gasteiger partial charge >= 0.3 is 0 Å². The minimum absolute atomic E-state index is 0.288. The summed E-state index contributed by atoms with van der Waals surface area (Å²) in [5.41, 5.74) is 4.78. The molecule has 1 aromatic heterocycles. The SMILES string of the molecule is Cc1ccc(CCCC(=O)N2CCN(CCCc3nc(-c4ccc(C)cc4)no3)CC2)cc1. The first-order valence-electron chi connectivity index (χ1n) is 12.0. The van der Waals surface area contributed by atoms with Crippen molar-refractivity contribution < 1.29 is 9.32 Å². The topological polar surface area (TPSA) is 62.5 Å². The maximum atomic E-state index is 12.6. The van der Waals surface area contributed by atoms with Crippen molar-refractivity contribution in [3.8, 4) is 11.4 Å². The monoisotopic (exact) mass is 446 g/mol. The molecule has 2 heterocycles. The van der Waals surface area contributed by atoms with Gasteiger partial charge in [-0.25, -0.2) is 0 Å². The van der Waals surface area contributed by atoms with Gasteiger partial charge < -0.3 is 9.42 Å². The molecule has 1 aliphatic heterocycles. The van der Waals surface area contributed by atoms with Crippen LogP contribution in [0.2, 0.25) is 0 Å². The number of piperazine rings is 1. The van der Waals surface area contributed by atoms with Crippen molar-refractivity contribution in [2.75, 3.05) is 32.7 Å². The van der Waals surface area contributed by atoms with Crippen molar-refractivity contribution in [3.63, 3.8) is 0 Å². The molecule has 1 amide bonds. The van der Waals surface area contributed by atoms with Crippen LogP contribution in [-0.2, 0) is 17.6 Å². The summed E-state index contributed by atoms with van der Waals surface area (Å²) < 4.78 is 5.43. The molecule has 1 saturated heterocycles. The van der Waals surface area contributed by atoms with Crippen LogP contribution in [0, 0.1) is 13.8 Å². The van der Waals surface area contributed by atoms with Crippen molar-refractivity contribution in [2.24, 2.45) is 0 Å². The number of aryl methyl sites for hydroxylation is 4. The molecule has 3 aromatic rings. The molecule has 0 aliphatic carbocycles. The Bertz CT molecular complexity index is 1020. The Morgan fingerprint density at radius 3 is 2.24 bits per heavy atom. The van der Waals surface area contributed by atoms with Gasteiger partial charge in [-0.3, -0.25) is 9.69 Å². The predicted octanol–water partition coefficient (Wildman–Crippen LogP) is 4.45. The van der Waals surface area contributed by atoms with Gasteiger partial charge in [-0.1, -0.05) is 64.8 Å². The Kier molecular flexibility index (Phi) is 7.89. The third-order valence-electron chi connectivity index (χ3n) is 6.34. The van der Waals surface area contributed by atoms with Crippen molar-refractivity contribution in [3.05, 3.63) is 71.1 Å². The zero-order valence-corrected chi connectivity index (χ0v) is 19.8. The van der Waals surface area contributed by atoms with Gasteiger partial charge in [0.25, 0.3) is 0 Å². The summed E-state index contributed by atoms with van der Waals surface area (Å²) >= 11 is 0. The number of nitrogens with zero attached hydrogens (tertiary/aromatic N) is 4. The quantitative estimate of drug-likeness (QED) is 0.486. The van der Waals surface area contributed by atoms with Gasteiger partial charge in [-0.15, -0.1) is 0 Å². The smallest absolute Gasteiger partial charge is 0.227 e. The lowest BCUT2D eigenvalue weighted by Crippen LogP contribution is -2.48. The average Bonchev–Trinajstić information content (AvgIpc) is 3.30. The van der Waals surface area contributed by atoms with E-state index in [4.69, 9.17) is 4.52 Å². The summed E-state index contributed by atoms with van der Waals surface area (Å²) in [4.78, 5) is 21.5. The van der Waals surface area contributed by atoms with E-state index in [0.29, 0.717) is 18.1 Å². The van der Waals surface area contributed by atoms with E-state index in [1.165, 1.54) is 16.7 Å². The molecule has 0 atom stereocenters. The molecule has 0 unspecified atom stereocenters. The molecule has 174 valence electrons. The van der Waals surface area contributed by atoms with E-state index in [2.05, 4.69) is 65.3 Å². The lowest BCUT2D eigenvalue weighted by atomic mass is 10.1. The van der Waals surface area contributed by atoms with Crippen LogP contribution < -0.4 is 0 Å². The van der Waals surface area contributed by atoms with E-state index < -0.39 is 0 Å². The van der Waals surface area contributed by atoms with Crippen LogP contribution >= 0.6 is 0 Å². The van der Waals surface area contributed by atoms with Gasteiger partial charge in [0.1, 0.15) is 0 Å². The maximum absolute atomic E-state index is 12.6. The number of amides is 1. The predicted molar refractivity (Wildman–Crippen MR) is 130 cm³/mol. The standard InChI is InChI=1S/C27H34N4O2/c1-21-8-12-23(13-9-21)5-3-7-26(32)31-19-17-30(18-20-31)16-4-6-25-28-27(29-33-25)24-14-10-22(2)11-15-24/h8-15H,3-7,16-20H2,1-2H3. The van der Waals surface area contributed by atoms with Crippen LogP contribution in [0.4, 0.5) is 0 Å². The van der Waals surface area contributed by atoms with Gasteiger partial charge in [0.15, 0.2) is 0 Å². The van der Waals surface area contributed by atoms with Gasteiger partial charge in [-0.2, -0.15) is 4.98 Å². The van der Waals surface area contributed by atoms with Gasteiger partial charge in [-0.05, 0) is 45.2 Å². The minimum Gasteiger partial charge on any atom is -0.340 e. The first-order valence-corrected chi connectivity index (χ1v) is 12.0. The zero-order valence-electron chi connectivity index (χ0n) is 19.8. The molecular weight excluding hydrogens is 412 g/mol. The molecule has 0 spiro atoms. The lowest BCUT2D eigenvalue weighted by molar-refractivity contribution is -0.133. The second kappa shape index (κ2) is 11.2.